The second-order valence-corrected chi connectivity index (χ2v) is 25.4. The summed E-state index contributed by atoms with van der Waals surface area (Å²) in [6.07, 6.45) is 56.6. The minimum atomic E-state index is -0.757. The predicted molar refractivity (Wildman–Crippen MR) is 367 cm³/mol. The smallest absolute Gasteiger partial charge is 0.338 e. The van der Waals surface area contributed by atoms with E-state index in [1.54, 1.807) is 31.2 Å². The molecule has 0 aliphatic heterocycles. The number of carbonyl (C=O) groups excluding carboxylic acids is 2. The van der Waals surface area contributed by atoms with Crippen LogP contribution >= 0.6 is 0 Å². The second kappa shape index (κ2) is 58.5. The van der Waals surface area contributed by atoms with Crippen molar-refractivity contribution in [1.29, 1.82) is 0 Å². The Kier molecular flexibility index (Phi) is 53.3. The highest BCUT2D eigenvalue weighted by molar-refractivity contribution is 5.92. The first-order chi connectivity index (χ1) is 42.8. The highest BCUT2D eigenvalue weighted by atomic mass is 16.6. The molecule has 0 bridgehead atoms. The van der Waals surface area contributed by atoms with Crippen LogP contribution in [0.15, 0.2) is 24.3 Å². The van der Waals surface area contributed by atoms with Crippen LogP contribution in [0, 0.1) is 0 Å². The lowest BCUT2D eigenvalue weighted by Gasteiger charge is -2.20. The first-order valence-electron chi connectivity index (χ1n) is 37.3. The zero-order valence-corrected chi connectivity index (χ0v) is 57.9. The van der Waals surface area contributed by atoms with E-state index in [2.05, 4.69) is 41.5 Å². The lowest BCUT2D eigenvalue weighted by Crippen LogP contribution is -2.23. The molecule has 10 heteroatoms. The van der Waals surface area contributed by atoms with Crippen molar-refractivity contribution in [1.82, 2.24) is 0 Å². The number of carbonyl (C=O) groups is 2. The summed E-state index contributed by atoms with van der Waals surface area (Å²) < 4.78 is 51.5. The van der Waals surface area contributed by atoms with Crippen LogP contribution in [0.1, 0.15) is 377 Å². The molecule has 0 aliphatic rings. The number of hydrogen-bond donors (Lipinski definition) is 0. The third-order valence-corrected chi connectivity index (χ3v) is 16.8. The van der Waals surface area contributed by atoms with E-state index in [9.17, 15) is 9.59 Å². The number of unbranched alkanes of at least 4 members (excludes halogenated alkanes) is 42. The summed E-state index contributed by atoms with van der Waals surface area (Å²) in [5.41, 5.74) is 0.618. The van der Waals surface area contributed by atoms with E-state index < -0.39 is 18.0 Å². The molecule has 1 unspecified atom stereocenters. The number of ether oxygens (including phenoxy) is 8. The van der Waals surface area contributed by atoms with Crippen molar-refractivity contribution in [2.24, 2.45) is 0 Å². The van der Waals surface area contributed by atoms with E-state index in [1.165, 1.54) is 231 Å². The number of hydrogen-bond acceptors (Lipinski definition) is 10. The second-order valence-electron chi connectivity index (χ2n) is 25.4. The first kappa shape index (κ1) is 79.3. The summed E-state index contributed by atoms with van der Waals surface area (Å²) >= 11 is 0. The largest absolute Gasteiger partial charge is 0.490 e. The fourth-order valence-corrected chi connectivity index (χ4v) is 11.2. The SMILES string of the molecule is CCCCCCCCCCOc1cc(C(=O)OCC(C)OC(=O)c2cc(OCCCCCCCCCC)c(OCCCCCCCCCC)c(OCCCCCCCCCC)c2)cc(OCCCCCCCCCC)c1OCCCCCCCCCC. The van der Waals surface area contributed by atoms with Crippen molar-refractivity contribution >= 4 is 11.9 Å². The van der Waals surface area contributed by atoms with E-state index in [1.807, 2.05) is 0 Å². The van der Waals surface area contributed by atoms with Crippen LogP contribution in [0.5, 0.6) is 34.5 Å². The minimum Gasteiger partial charge on any atom is -0.490 e. The molecule has 0 aliphatic carbocycles. The fraction of sp³-hybridized carbons (Fsp3) is 0.818. The first-order valence-corrected chi connectivity index (χ1v) is 37.3. The summed E-state index contributed by atoms with van der Waals surface area (Å²) in [5.74, 6) is 2.03. The van der Waals surface area contributed by atoms with Gasteiger partial charge in [0.15, 0.2) is 23.0 Å². The average Bonchev–Trinajstić information content (AvgIpc) is 2.47. The van der Waals surface area contributed by atoms with Crippen molar-refractivity contribution in [2.75, 3.05) is 46.2 Å². The molecule has 0 spiro atoms. The molecule has 0 saturated carbocycles. The third kappa shape index (κ3) is 42.7. The van der Waals surface area contributed by atoms with Gasteiger partial charge in [0.25, 0.3) is 0 Å². The molecule has 2 rings (SSSR count). The van der Waals surface area contributed by atoms with E-state index in [4.69, 9.17) is 37.9 Å². The van der Waals surface area contributed by atoms with Gasteiger partial charge in [-0.15, -0.1) is 0 Å². The molecule has 0 radical (unpaired) electrons. The van der Waals surface area contributed by atoms with Crippen molar-refractivity contribution < 1.29 is 47.5 Å². The normalized spacial score (nSPS) is 11.7. The van der Waals surface area contributed by atoms with E-state index in [0.29, 0.717) is 85.3 Å². The van der Waals surface area contributed by atoms with E-state index >= 15 is 0 Å². The topological polar surface area (TPSA) is 108 Å². The standard InChI is InChI=1S/C77H136O10/c1-8-14-20-26-32-38-44-50-56-80-70-62-68(63-71(81-57-51-45-39-33-27-21-15-9-2)74(70)84-60-54-48-42-36-30-24-18-12-5)76(78)86-66-67(7)87-77(79)69-64-72(82-58-52-46-40-34-28-22-16-10-3)75(85-61-55-49-43-37-31-25-19-13-6)73(65-69)83-59-53-47-41-35-29-23-17-11-4/h62-65,67H,8-61,66H2,1-7H3. The summed E-state index contributed by atoms with van der Waals surface area (Å²) in [4.78, 5) is 28.5. The molecule has 2 aromatic rings. The van der Waals surface area contributed by atoms with Crippen molar-refractivity contribution in [3.8, 4) is 34.5 Å². The van der Waals surface area contributed by atoms with Gasteiger partial charge >= 0.3 is 11.9 Å². The molecule has 504 valence electrons. The maximum atomic E-state index is 14.3. The van der Waals surface area contributed by atoms with Crippen LogP contribution < -0.4 is 28.4 Å². The molecule has 0 saturated heterocycles. The van der Waals surface area contributed by atoms with Crippen LogP contribution in [-0.2, 0) is 9.47 Å². The van der Waals surface area contributed by atoms with Crippen molar-refractivity contribution in [2.45, 2.75) is 363 Å². The van der Waals surface area contributed by atoms with Gasteiger partial charge < -0.3 is 37.9 Å². The number of benzene rings is 2. The van der Waals surface area contributed by atoms with Crippen LogP contribution in [0.2, 0.25) is 0 Å². The van der Waals surface area contributed by atoms with Crippen molar-refractivity contribution in [3.63, 3.8) is 0 Å². The maximum Gasteiger partial charge on any atom is 0.338 e. The molecular weight excluding hydrogens is 1080 g/mol. The van der Waals surface area contributed by atoms with Gasteiger partial charge in [0.2, 0.25) is 11.5 Å². The van der Waals surface area contributed by atoms with E-state index in [-0.39, 0.29) is 6.61 Å². The summed E-state index contributed by atoms with van der Waals surface area (Å²) in [5, 5.41) is 0. The Labute approximate surface area is 535 Å². The number of rotatable bonds is 65. The van der Waals surface area contributed by atoms with Crippen molar-refractivity contribution in [3.05, 3.63) is 35.4 Å². The molecular formula is C77H136O10. The molecule has 0 fully saturated rings. The molecule has 87 heavy (non-hydrogen) atoms. The van der Waals surface area contributed by atoms with Gasteiger partial charge in [-0.1, -0.05) is 311 Å². The fourth-order valence-electron chi connectivity index (χ4n) is 11.2. The Morgan fingerprint density at radius 1 is 0.276 bits per heavy atom. The predicted octanol–water partition coefficient (Wildman–Crippen LogP) is 24.2. The summed E-state index contributed by atoms with van der Waals surface area (Å²) in [6.45, 7) is 18.3. The van der Waals surface area contributed by atoms with Crippen LogP contribution in [0.3, 0.4) is 0 Å². The molecule has 2 aromatic carbocycles. The van der Waals surface area contributed by atoms with Gasteiger partial charge in [0, 0.05) is 0 Å². The Balaban J connectivity index is 2.38. The monoisotopic (exact) mass is 1220 g/mol. The molecule has 0 amide bonds. The molecule has 1 atom stereocenters. The minimum absolute atomic E-state index is 0.145. The average molecular weight is 1220 g/mol. The quantitative estimate of drug-likeness (QED) is 0.0469. The number of esters is 2. The van der Waals surface area contributed by atoms with Gasteiger partial charge in [-0.25, -0.2) is 9.59 Å². The molecule has 0 N–H and O–H groups in total. The molecule has 0 heterocycles. The molecule has 10 nitrogen and oxygen atoms in total. The Morgan fingerprint density at radius 2 is 0.471 bits per heavy atom. The van der Waals surface area contributed by atoms with Crippen LogP contribution in [0.4, 0.5) is 0 Å². The Bertz CT molecular complexity index is 1800. The zero-order chi connectivity index (χ0) is 62.7. The highest BCUT2D eigenvalue weighted by Gasteiger charge is 2.24. The zero-order valence-electron chi connectivity index (χ0n) is 57.9. The Morgan fingerprint density at radius 3 is 0.701 bits per heavy atom. The lowest BCUT2D eigenvalue weighted by atomic mass is 10.1. The maximum absolute atomic E-state index is 14.3. The highest BCUT2D eigenvalue weighted by Crippen LogP contribution is 2.42. The van der Waals surface area contributed by atoms with Gasteiger partial charge in [-0.05, 0) is 69.7 Å². The van der Waals surface area contributed by atoms with Gasteiger partial charge in [-0.3, -0.25) is 0 Å². The summed E-state index contributed by atoms with van der Waals surface area (Å²) in [6, 6.07) is 7.00. The van der Waals surface area contributed by atoms with Gasteiger partial charge in [0.05, 0.1) is 50.8 Å². The van der Waals surface area contributed by atoms with Gasteiger partial charge in [0.1, 0.15) is 12.7 Å². The van der Waals surface area contributed by atoms with Crippen LogP contribution in [-0.4, -0.2) is 64.3 Å². The third-order valence-electron chi connectivity index (χ3n) is 16.8. The lowest BCUT2D eigenvalue weighted by molar-refractivity contribution is 0.00439. The van der Waals surface area contributed by atoms with E-state index in [0.717, 1.165) is 77.0 Å². The Hall–Kier alpha value is -3.82. The molecule has 0 aromatic heterocycles. The summed E-state index contributed by atoms with van der Waals surface area (Å²) in [7, 11) is 0. The van der Waals surface area contributed by atoms with Gasteiger partial charge in [-0.2, -0.15) is 0 Å². The van der Waals surface area contributed by atoms with Crippen LogP contribution in [0.25, 0.3) is 0 Å².